The average Bonchev–Trinajstić information content (AvgIpc) is 2.46. The number of carbonyl (C=O) groups excluding carboxylic acids is 1. The molecular weight excluding hydrogens is 347 g/mol. The number of rotatable bonds is 3. The minimum Gasteiger partial charge on any atom is -0.468 e. The lowest BCUT2D eigenvalue weighted by atomic mass is 10.2. The third-order valence-electron chi connectivity index (χ3n) is 2.90. The summed E-state index contributed by atoms with van der Waals surface area (Å²) >= 11 is 2.08. The lowest BCUT2D eigenvalue weighted by Gasteiger charge is -2.34. The molecule has 0 aliphatic carbocycles. The van der Waals surface area contributed by atoms with E-state index in [1.54, 1.807) is 12.4 Å². The molecule has 0 bridgehead atoms. The van der Waals surface area contributed by atoms with Crippen LogP contribution in [-0.4, -0.2) is 43.7 Å². The maximum absolute atomic E-state index is 11.6. The molecule has 0 saturated carbocycles. The third-order valence-corrected chi connectivity index (χ3v) is 3.48. The fourth-order valence-corrected chi connectivity index (χ4v) is 2.42. The number of esters is 1. The summed E-state index contributed by atoms with van der Waals surface area (Å²) in [6.07, 6.45) is 3.53. The van der Waals surface area contributed by atoms with Crippen LogP contribution in [0.4, 0.5) is 11.4 Å². The Morgan fingerprint density at radius 1 is 1.72 bits per heavy atom. The van der Waals surface area contributed by atoms with Gasteiger partial charge in [0.05, 0.1) is 47.5 Å². The molecule has 1 aromatic rings. The predicted octanol–water partition coefficient (Wildman–Crippen LogP) is 0.795. The van der Waals surface area contributed by atoms with Crippen molar-refractivity contribution in [2.75, 3.05) is 35.2 Å². The number of anilines is 2. The van der Waals surface area contributed by atoms with E-state index >= 15 is 0 Å². The number of nitrogens with zero attached hydrogens (tertiary/aromatic N) is 2. The Morgan fingerprint density at radius 2 is 2.56 bits per heavy atom. The van der Waals surface area contributed by atoms with Crippen molar-refractivity contribution in [3.63, 3.8) is 0 Å². The molecule has 0 amide bonds. The summed E-state index contributed by atoms with van der Waals surface area (Å²) in [7, 11) is 1.41. The highest BCUT2D eigenvalue weighted by Crippen LogP contribution is 2.26. The molecule has 2 rings (SSSR count). The van der Waals surface area contributed by atoms with E-state index in [4.69, 9.17) is 4.74 Å². The number of ether oxygens (including phenoxy) is 1. The summed E-state index contributed by atoms with van der Waals surface area (Å²) in [4.78, 5) is 17.8. The molecule has 1 atom stereocenters. The second kappa shape index (κ2) is 6.19. The molecule has 0 spiro atoms. The van der Waals surface area contributed by atoms with Gasteiger partial charge in [-0.25, -0.2) is 0 Å². The van der Waals surface area contributed by atoms with Crippen molar-refractivity contribution in [3.05, 3.63) is 18.5 Å². The first-order valence-electron chi connectivity index (χ1n) is 5.63. The van der Waals surface area contributed by atoms with Gasteiger partial charge in [-0.05, 0) is 6.07 Å². The molecule has 0 radical (unpaired) electrons. The standard InChI is InChI=1S/C11H15IN4O2/c1-18-11(17)9-7-16(5-4-14-9)10-2-3-13-6-8(10)15-12/h2-3,6,9,14-15H,4-5,7H2,1H3. The summed E-state index contributed by atoms with van der Waals surface area (Å²) in [6.45, 7) is 2.20. The quantitative estimate of drug-likeness (QED) is 0.471. The minimum absolute atomic E-state index is 0.224. The molecule has 1 aliphatic rings. The topological polar surface area (TPSA) is 66.5 Å². The SMILES string of the molecule is COC(=O)C1CN(c2ccncc2NI)CCN1. The van der Waals surface area contributed by atoms with Crippen LogP contribution in [0.15, 0.2) is 18.5 Å². The molecule has 0 aromatic carbocycles. The van der Waals surface area contributed by atoms with Crippen LogP contribution in [0, 0.1) is 0 Å². The van der Waals surface area contributed by atoms with Gasteiger partial charge in [0.1, 0.15) is 6.04 Å². The van der Waals surface area contributed by atoms with Gasteiger partial charge in [0.2, 0.25) is 0 Å². The predicted molar refractivity (Wildman–Crippen MR) is 77.9 cm³/mol. The normalized spacial score (nSPS) is 19.4. The Morgan fingerprint density at radius 3 is 3.28 bits per heavy atom. The molecule has 2 N–H and O–H groups in total. The number of pyridine rings is 1. The Labute approximate surface area is 120 Å². The van der Waals surface area contributed by atoms with E-state index in [2.05, 4.69) is 41.6 Å². The molecule has 1 unspecified atom stereocenters. The number of halogens is 1. The highest BCUT2D eigenvalue weighted by Gasteiger charge is 2.27. The average molecular weight is 362 g/mol. The van der Waals surface area contributed by atoms with E-state index in [1.807, 2.05) is 6.07 Å². The van der Waals surface area contributed by atoms with Gasteiger partial charge in [0.15, 0.2) is 0 Å². The van der Waals surface area contributed by atoms with Crippen LogP contribution in [0.25, 0.3) is 0 Å². The van der Waals surface area contributed by atoms with E-state index in [0.717, 1.165) is 24.5 Å². The maximum atomic E-state index is 11.6. The lowest BCUT2D eigenvalue weighted by molar-refractivity contribution is -0.143. The van der Waals surface area contributed by atoms with Gasteiger partial charge in [0.25, 0.3) is 0 Å². The molecular formula is C11H15IN4O2. The first-order chi connectivity index (χ1) is 8.76. The molecule has 18 heavy (non-hydrogen) atoms. The van der Waals surface area contributed by atoms with Gasteiger partial charge >= 0.3 is 5.97 Å². The molecule has 2 heterocycles. The number of methoxy groups -OCH3 is 1. The molecule has 6 nitrogen and oxygen atoms in total. The summed E-state index contributed by atoms with van der Waals surface area (Å²) < 4.78 is 7.85. The number of nitrogens with one attached hydrogen (secondary N) is 2. The van der Waals surface area contributed by atoms with Crippen molar-refractivity contribution in [3.8, 4) is 0 Å². The van der Waals surface area contributed by atoms with Gasteiger partial charge in [-0.1, -0.05) is 0 Å². The molecule has 1 aromatic heterocycles. The first-order valence-corrected chi connectivity index (χ1v) is 6.71. The second-order valence-electron chi connectivity index (χ2n) is 3.96. The third kappa shape index (κ3) is 2.83. The van der Waals surface area contributed by atoms with Gasteiger partial charge in [-0.15, -0.1) is 0 Å². The van der Waals surface area contributed by atoms with Crippen molar-refractivity contribution in [1.29, 1.82) is 0 Å². The lowest BCUT2D eigenvalue weighted by Crippen LogP contribution is -2.54. The van der Waals surface area contributed by atoms with Crippen molar-refractivity contribution in [2.45, 2.75) is 6.04 Å². The zero-order valence-electron chi connectivity index (χ0n) is 10.0. The number of hydrogen-bond acceptors (Lipinski definition) is 6. The van der Waals surface area contributed by atoms with Crippen LogP contribution in [0.3, 0.4) is 0 Å². The smallest absolute Gasteiger partial charge is 0.324 e. The van der Waals surface area contributed by atoms with Crippen LogP contribution in [-0.2, 0) is 9.53 Å². The Kier molecular flexibility index (Phi) is 4.59. The van der Waals surface area contributed by atoms with E-state index in [0.29, 0.717) is 6.54 Å². The number of carbonyl (C=O) groups is 1. The van der Waals surface area contributed by atoms with Gasteiger partial charge in [-0.3, -0.25) is 9.78 Å². The van der Waals surface area contributed by atoms with E-state index in [9.17, 15) is 4.79 Å². The van der Waals surface area contributed by atoms with Gasteiger partial charge < -0.3 is 18.5 Å². The van der Waals surface area contributed by atoms with Crippen molar-refractivity contribution < 1.29 is 9.53 Å². The zero-order chi connectivity index (χ0) is 13.0. The van der Waals surface area contributed by atoms with E-state index < -0.39 is 0 Å². The van der Waals surface area contributed by atoms with Crippen molar-refractivity contribution >= 4 is 40.2 Å². The van der Waals surface area contributed by atoms with Crippen LogP contribution in [0.5, 0.6) is 0 Å². The van der Waals surface area contributed by atoms with Crippen LogP contribution >= 0.6 is 22.9 Å². The van der Waals surface area contributed by atoms with Crippen molar-refractivity contribution in [1.82, 2.24) is 10.3 Å². The second-order valence-corrected chi connectivity index (χ2v) is 4.50. The number of piperazine rings is 1. The molecule has 98 valence electrons. The Balaban J connectivity index is 2.15. The van der Waals surface area contributed by atoms with Crippen LogP contribution in [0.2, 0.25) is 0 Å². The van der Waals surface area contributed by atoms with Crippen molar-refractivity contribution in [2.24, 2.45) is 0 Å². The number of aromatic nitrogens is 1. The van der Waals surface area contributed by atoms with Crippen LogP contribution in [0.1, 0.15) is 0 Å². The summed E-state index contributed by atoms with van der Waals surface area (Å²) in [5.41, 5.74) is 2.00. The zero-order valence-corrected chi connectivity index (χ0v) is 12.2. The maximum Gasteiger partial charge on any atom is 0.324 e. The Hall–Kier alpha value is -1.09. The fraction of sp³-hybridized carbons (Fsp3) is 0.455. The number of hydrogen-bond donors (Lipinski definition) is 2. The highest BCUT2D eigenvalue weighted by atomic mass is 127. The molecule has 1 saturated heterocycles. The summed E-state index contributed by atoms with van der Waals surface area (Å²) in [5.74, 6) is -0.224. The van der Waals surface area contributed by atoms with E-state index in [-0.39, 0.29) is 12.0 Å². The highest BCUT2D eigenvalue weighted by molar-refractivity contribution is 14.1. The summed E-state index contributed by atoms with van der Waals surface area (Å²) in [6, 6.07) is 1.67. The minimum atomic E-state index is -0.279. The first kappa shape index (κ1) is 13.3. The molecule has 7 heteroatoms. The Bertz CT molecular complexity index is 429. The monoisotopic (exact) mass is 362 g/mol. The van der Waals surface area contributed by atoms with Gasteiger partial charge in [0, 0.05) is 25.8 Å². The molecule has 1 fully saturated rings. The van der Waals surface area contributed by atoms with Crippen LogP contribution < -0.4 is 13.7 Å². The summed E-state index contributed by atoms with van der Waals surface area (Å²) in [5, 5.41) is 3.15. The van der Waals surface area contributed by atoms with E-state index in [1.165, 1.54) is 7.11 Å². The largest absolute Gasteiger partial charge is 0.468 e. The molecule has 1 aliphatic heterocycles. The fourth-order valence-electron chi connectivity index (χ4n) is 2.00. The van der Waals surface area contributed by atoms with Gasteiger partial charge in [-0.2, -0.15) is 0 Å².